The van der Waals surface area contributed by atoms with Crippen molar-refractivity contribution < 1.29 is 13.2 Å². The minimum atomic E-state index is -3.25. The highest BCUT2D eigenvalue weighted by Crippen LogP contribution is 2.52. The van der Waals surface area contributed by atoms with E-state index in [0.717, 1.165) is 13.0 Å². The second kappa shape index (κ2) is 6.22. The number of hydrogen-bond acceptors (Lipinski definition) is 4. The summed E-state index contributed by atoms with van der Waals surface area (Å²) in [6.07, 6.45) is 2.56. The molecule has 3 unspecified atom stereocenters. The fraction of sp³-hybridized carbons (Fsp3) is 0.933. The number of guanidine groups is 1. The van der Waals surface area contributed by atoms with Gasteiger partial charge in [-0.2, -0.15) is 0 Å². The zero-order chi connectivity index (χ0) is 17.5. The highest BCUT2D eigenvalue weighted by atomic mass is 32.2. The van der Waals surface area contributed by atoms with E-state index < -0.39 is 15.6 Å². The Morgan fingerprint density at radius 3 is 2.61 bits per heavy atom. The van der Waals surface area contributed by atoms with E-state index in [-0.39, 0.29) is 5.41 Å². The van der Waals surface area contributed by atoms with Gasteiger partial charge in [-0.15, -0.1) is 0 Å². The summed E-state index contributed by atoms with van der Waals surface area (Å²) >= 11 is 0. The highest BCUT2D eigenvalue weighted by molar-refractivity contribution is 7.88. The van der Waals surface area contributed by atoms with E-state index in [1.54, 1.807) is 7.05 Å². The second-order valence-corrected chi connectivity index (χ2v) is 9.62. The third-order valence-corrected chi connectivity index (χ3v) is 5.70. The minimum absolute atomic E-state index is 0.0688. The number of hydrogen-bond donors (Lipinski definition) is 3. The van der Waals surface area contributed by atoms with Gasteiger partial charge < -0.3 is 15.4 Å². The van der Waals surface area contributed by atoms with Gasteiger partial charge in [-0.1, -0.05) is 13.8 Å². The lowest BCUT2D eigenvalue weighted by molar-refractivity contribution is -0.106. The smallest absolute Gasteiger partial charge is 0.209 e. The van der Waals surface area contributed by atoms with Crippen molar-refractivity contribution in [1.29, 1.82) is 0 Å². The Bertz CT molecular complexity index is 571. The molecule has 2 fully saturated rings. The largest absolute Gasteiger partial charge is 0.377 e. The van der Waals surface area contributed by atoms with Gasteiger partial charge in [0, 0.05) is 43.1 Å². The lowest BCUT2D eigenvalue weighted by Crippen LogP contribution is -2.68. The van der Waals surface area contributed by atoms with Crippen LogP contribution in [-0.4, -0.2) is 58.5 Å². The first-order valence-electron chi connectivity index (χ1n) is 8.04. The quantitative estimate of drug-likeness (QED) is 0.492. The molecule has 0 spiro atoms. The van der Waals surface area contributed by atoms with Crippen molar-refractivity contribution in [2.24, 2.45) is 16.3 Å². The minimum Gasteiger partial charge on any atom is -0.377 e. The number of sulfonamides is 1. The molecule has 2 rings (SSSR count). The van der Waals surface area contributed by atoms with Crippen LogP contribution >= 0.6 is 0 Å². The van der Waals surface area contributed by atoms with E-state index in [2.05, 4.69) is 34.2 Å². The lowest BCUT2D eigenvalue weighted by Gasteiger charge is -2.55. The van der Waals surface area contributed by atoms with Gasteiger partial charge >= 0.3 is 0 Å². The van der Waals surface area contributed by atoms with Crippen LogP contribution in [0.15, 0.2) is 4.99 Å². The summed E-state index contributed by atoms with van der Waals surface area (Å²) in [5.41, 5.74) is -0.529. The Morgan fingerprint density at radius 2 is 2.04 bits per heavy atom. The molecule has 3 atom stereocenters. The molecular formula is C15H30N4O3S. The molecule has 1 saturated heterocycles. The molecule has 3 N–H and O–H groups in total. The van der Waals surface area contributed by atoms with Gasteiger partial charge in [0.05, 0.1) is 12.4 Å². The molecule has 1 heterocycles. The third-order valence-electron chi connectivity index (χ3n) is 4.78. The standard InChI is InChI=1S/C15H30N4O3S/c1-14(2,19-23(6,20)21)9-17-13(16-5)18-11-10-7-8-22-12(10)15(11,3)4/h10-12,19H,7-9H2,1-6H3,(H2,16,17,18). The van der Waals surface area contributed by atoms with Crippen LogP contribution < -0.4 is 15.4 Å². The van der Waals surface area contributed by atoms with Crippen molar-refractivity contribution in [2.45, 2.75) is 51.8 Å². The molecule has 0 aromatic rings. The number of fused-ring (bicyclic) bond motifs is 1. The number of nitrogens with one attached hydrogen (secondary N) is 3. The van der Waals surface area contributed by atoms with Crippen molar-refractivity contribution in [3.05, 3.63) is 0 Å². The van der Waals surface area contributed by atoms with Crippen molar-refractivity contribution in [3.63, 3.8) is 0 Å². The summed E-state index contributed by atoms with van der Waals surface area (Å²) in [7, 11) is -1.53. The normalized spacial score (nSPS) is 30.5. The number of nitrogens with zero attached hydrogens (tertiary/aromatic N) is 1. The van der Waals surface area contributed by atoms with Gasteiger partial charge in [0.1, 0.15) is 0 Å². The van der Waals surface area contributed by atoms with Crippen LogP contribution in [-0.2, 0) is 14.8 Å². The molecule has 0 bridgehead atoms. The molecule has 134 valence electrons. The van der Waals surface area contributed by atoms with Gasteiger partial charge in [-0.25, -0.2) is 13.1 Å². The Kier molecular flexibility index (Phi) is 4.99. The maximum Gasteiger partial charge on any atom is 0.209 e. The molecule has 0 aromatic heterocycles. The zero-order valence-electron chi connectivity index (χ0n) is 14.9. The van der Waals surface area contributed by atoms with Crippen LogP contribution in [0.2, 0.25) is 0 Å². The van der Waals surface area contributed by atoms with Gasteiger partial charge in [-0.3, -0.25) is 4.99 Å². The van der Waals surface area contributed by atoms with E-state index in [0.29, 0.717) is 30.6 Å². The van der Waals surface area contributed by atoms with E-state index in [1.165, 1.54) is 6.26 Å². The summed E-state index contributed by atoms with van der Waals surface area (Å²) in [5.74, 6) is 1.21. The van der Waals surface area contributed by atoms with Gasteiger partial charge in [0.15, 0.2) is 5.96 Å². The van der Waals surface area contributed by atoms with E-state index >= 15 is 0 Å². The first-order chi connectivity index (χ1) is 10.5. The number of aliphatic imine (C=N–C) groups is 1. The summed E-state index contributed by atoms with van der Waals surface area (Å²) in [5, 5.41) is 6.70. The Hall–Kier alpha value is -0.860. The predicted octanol–water partition coefficient (Wildman–Crippen LogP) is 0.293. The van der Waals surface area contributed by atoms with Gasteiger partial charge in [0.25, 0.3) is 0 Å². The number of ether oxygens (including phenoxy) is 1. The zero-order valence-corrected chi connectivity index (χ0v) is 15.8. The fourth-order valence-electron chi connectivity index (χ4n) is 3.80. The van der Waals surface area contributed by atoms with Crippen molar-refractivity contribution in [3.8, 4) is 0 Å². The van der Waals surface area contributed by atoms with E-state index in [1.807, 2.05) is 13.8 Å². The van der Waals surface area contributed by atoms with Crippen LogP contribution in [0.1, 0.15) is 34.1 Å². The molecule has 0 radical (unpaired) electrons. The predicted molar refractivity (Wildman–Crippen MR) is 92.0 cm³/mol. The van der Waals surface area contributed by atoms with Gasteiger partial charge in [-0.05, 0) is 20.3 Å². The summed E-state index contributed by atoms with van der Waals surface area (Å²) in [6, 6.07) is 0.312. The first kappa shape index (κ1) is 18.5. The molecule has 2 aliphatic rings. The van der Waals surface area contributed by atoms with Crippen molar-refractivity contribution in [2.75, 3.05) is 26.5 Å². The first-order valence-corrected chi connectivity index (χ1v) is 9.93. The SMILES string of the molecule is CN=C(NCC(C)(C)NS(C)(=O)=O)NC1C2CCOC2C1(C)C. The maximum atomic E-state index is 11.4. The third kappa shape index (κ3) is 4.16. The fourth-order valence-corrected chi connectivity index (χ4v) is 4.88. The average Bonchev–Trinajstić information content (AvgIpc) is 2.82. The van der Waals surface area contributed by atoms with Crippen LogP contribution in [0, 0.1) is 11.3 Å². The van der Waals surface area contributed by atoms with Crippen LogP contribution in [0.3, 0.4) is 0 Å². The summed E-state index contributed by atoms with van der Waals surface area (Å²) < 4.78 is 31.2. The molecule has 1 aliphatic heterocycles. The molecular weight excluding hydrogens is 316 g/mol. The topological polar surface area (TPSA) is 91.8 Å². The Balaban J connectivity index is 1.92. The molecule has 0 amide bonds. The summed E-state index contributed by atoms with van der Waals surface area (Å²) in [6.45, 7) is 9.36. The number of rotatable bonds is 5. The van der Waals surface area contributed by atoms with E-state index in [9.17, 15) is 8.42 Å². The van der Waals surface area contributed by atoms with Crippen LogP contribution in [0.5, 0.6) is 0 Å². The molecule has 23 heavy (non-hydrogen) atoms. The lowest BCUT2D eigenvalue weighted by atomic mass is 9.57. The summed E-state index contributed by atoms with van der Waals surface area (Å²) in [4.78, 5) is 4.27. The van der Waals surface area contributed by atoms with Crippen molar-refractivity contribution >= 4 is 16.0 Å². The van der Waals surface area contributed by atoms with Gasteiger partial charge in [0.2, 0.25) is 10.0 Å². The van der Waals surface area contributed by atoms with Crippen LogP contribution in [0.25, 0.3) is 0 Å². The van der Waals surface area contributed by atoms with Crippen LogP contribution in [0.4, 0.5) is 0 Å². The Morgan fingerprint density at radius 1 is 1.39 bits per heavy atom. The van der Waals surface area contributed by atoms with E-state index in [4.69, 9.17) is 4.74 Å². The second-order valence-electron chi connectivity index (χ2n) is 7.87. The molecule has 0 aromatic carbocycles. The highest BCUT2D eigenvalue weighted by Gasteiger charge is 2.59. The molecule has 7 nitrogen and oxygen atoms in total. The molecule has 1 saturated carbocycles. The maximum absolute atomic E-state index is 11.4. The monoisotopic (exact) mass is 346 g/mol. The average molecular weight is 346 g/mol. The molecule has 8 heteroatoms. The Labute approximate surface area is 139 Å². The van der Waals surface area contributed by atoms with Crippen molar-refractivity contribution in [1.82, 2.24) is 15.4 Å². The molecule has 1 aliphatic carbocycles.